The third-order valence-electron chi connectivity index (χ3n) is 4.53. The van der Waals surface area contributed by atoms with Crippen molar-refractivity contribution in [3.8, 4) is 0 Å². The lowest BCUT2D eigenvalue weighted by molar-refractivity contribution is 0.0984. The van der Waals surface area contributed by atoms with Crippen molar-refractivity contribution in [1.82, 2.24) is 9.88 Å². The Morgan fingerprint density at radius 2 is 1.89 bits per heavy atom. The maximum Gasteiger partial charge on any atom is 0.261 e. The molecule has 2 aromatic carbocycles. The number of hydrogen-bond donors (Lipinski definition) is 0. The number of anilines is 1. The molecule has 148 valence electrons. The summed E-state index contributed by atoms with van der Waals surface area (Å²) in [6.45, 7) is 6.96. The summed E-state index contributed by atoms with van der Waals surface area (Å²) in [5, 5.41) is 1.18. The molecular formula is C20H20Cl2FN3OS. The highest BCUT2D eigenvalue weighted by atomic mass is 35.5. The maximum atomic E-state index is 14.1. The molecule has 28 heavy (non-hydrogen) atoms. The highest BCUT2D eigenvalue weighted by molar-refractivity contribution is 7.22. The molecule has 1 aromatic heterocycles. The van der Waals surface area contributed by atoms with Gasteiger partial charge in [0.15, 0.2) is 5.13 Å². The van der Waals surface area contributed by atoms with E-state index in [-0.39, 0.29) is 16.4 Å². The molecule has 0 N–H and O–H groups in total. The van der Waals surface area contributed by atoms with Gasteiger partial charge in [-0.05, 0) is 43.4 Å². The lowest BCUT2D eigenvalue weighted by Crippen LogP contribution is -2.39. The topological polar surface area (TPSA) is 36.4 Å². The Hall–Kier alpha value is -1.73. The number of nitrogens with zero attached hydrogens (tertiary/aromatic N) is 3. The van der Waals surface area contributed by atoms with Crippen LogP contribution in [0.2, 0.25) is 10.0 Å². The highest BCUT2D eigenvalue weighted by Crippen LogP contribution is 2.32. The Labute approximate surface area is 177 Å². The van der Waals surface area contributed by atoms with Crippen LogP contribution in [0.15, 0.2) is 36.4 Å². The minimum absolute atomic E-state index is 0.269. The van der Waals surface area contributed by atoms with Gasteiger partial charge >= 0.3 is 0 Å². The highest BCUT2D eigenvalue weighted by Gasteiger charge is 2.24. The van der Waals surface area contributed by atoms with Crippen molar-refractivity contribution in [1.29, 1.82) is 0 Å². The minimum atomic E-state index is -0.402. The number of carbonyl (C=O) groups excluding carboxylic acids is 1. The standard InChI is InChI=1S/C20H20Cl2FN3OS/c1-3-25(4-2)10-11-26(19(27)14-9-8-13(21)12-15(14)22)20-24-18-16(23)6-5-7-17(18)28-20/h5-9,12H,3-4,10-11H2,1-2H3. The number of halogens is 3. The fourth-order valence-corrected chi connectivity index (χ4v) is 4.39. The van der Waals surface area contributed by atoms with Crippen LogP contribution >= 0.6 is 34.5 Å². The molecule has 1 amide bonds. The molecule has 4 nitrogen and oxygen atoms in total. The van der Waals surface area contributed by atoms with Crippen LogP contribution in [0.1, 0.15) is 24.2 Å². The number of fused-ring (bicyclic) bond motifs is 1. The average Bonchev–Trinajstić information content (AvgIpc) is 3.10. The van der Waals surface area contributed by atoms with Gasteiger partial charge in [0.2, 0.25) is 0 Å². The van der Waals surface area contributed by atoms with E-state index < -0.39 is 5.82 Å². The molecule has 0 atom stereocenters. The zero-order valence-electron chi connectivity index (χ0n) is 15.6. The number of aromatic nitrogens is 1. The van der Waals surface area contributed by atoms with E-state index in [1.54, 1.807) is 29.2 Å². The lowest BCUT2D eigenvalue weighted by atomic mass is 10.2. The predicted octanol–water partition coefficient (Wildman–Crippen LogP) is 5.73. The Morgan fingerprint density at radius 1 is 1.14 bits per heavy atom. The van der Waals surface area contributed by atoms with Gasteiger partial charge in [0, 0.05) is 18.1 Å². The van der Waals surface area contributed by atoms with Crippen LogP contribution < -0.4 is 4.90 Å². The number of thiazole rings is 1. The Kier molecular flexibility index (Phi) is 6.88. The Balaban J connectivity index is 2.00. The normalized spacial score (nSPS) is 11.4. The fourth-order valence-electron chi connectivity index (χ4n) is 2.89. The van der Waals surface area contributed by atoms with Crippen molar-refractivity contribution in [3.05, 3.63) is 57.8 Å². The van der Waals surface area contributed by atoms with E-state index in [4.69, 9.17) is 23.2 Å². The molecule has 1 heterocycles. The molecule has 0 fully saturated rings. The van der Waals surface area contributed by atoms with Gasteiger partial charge in [-0.15, -0.1) is 0 Å². The number of likely N-dealkylation sites (N-methyl/N-ethyl adjacent to an activating group) is 1. The molecule has 3 rings (SSSR count). The SMILES string of the molecule is CCN(CC)CCN(C(=O)c1ccc(Cl)cc1Cl)c1nc2c(F)cccc2s1. The van der Waals surface area contributed by atoms with Gasteiger partial charge in [-0.2, -0.15) is 0 Å². The molecule has 0 spiro atoms. The van der Waals surface area contributed by atoms with Crippen molar-refractivity contribution in [2.75, 3.05) is 31.1 Å². The fraction of sp³-hybridized carbons (Fsp3) is 0.300. The molecule has 0 saturated carbocycles. The van der Waals surface area contributed by atoms with Crippen LogP contribution in [0, 0.1) is 5.82 Å². The van der Waals surface area contributed by atoms with Crippen molar-refractivity contribution in [2.24, 2.45) is 0 Å². The third kappa shape index (κ3) is 4.46. The average molecular weight is 440 g/mol. The number of amides is 1. The van der Waals surface area contributed by atoms with E-state index >= 15 is 0 Å². The first-order valence-corrected chi connectivity index (χ1v) is 10.6. The second kappa shape index (κ2) is 9.18. The summed E-state index contributed by atoms with van der Waals surface area (Å²) in [4.78, 5) is 21.5. The summed E-state index contributed by atoms with van der Waals surface area (Å²) in [5.41, 5.74) is 0.607. The first kappa shape index (κ1) is 21.0. The van der Waals surface area contributed by atoms with Gasteiger partial charge in [-0.3, -0.25) is 9.69 Å². The summed E-state index contributed by atoms with van der Waals surface area (Å²) < 4.78 is 14.8. The largest absolute Gasteiger partial charge is 0.302 e. The first-order chi connectivity index (χ1) is 13.4. The second-order valence-corrected chi connectivity index (χ2v) is 8.04. The monoisotopic (exact) mass is 439 g/mol. The smallest absolute Gasteiger partial charge is 0.261 e. The second-order valence-electron chi connectivity index (χ2n) is 6.19. The molecular weight excluding hydrogens is 420 g/mol. The molecule has 0 aliphatic carbocycles. The number of para-hydroxylation sites is 1. The molecule has 0 bridgehead atoms. The number of hydrogen-bond acceptors (Lipinski definition) is 4. The Bertz CT molecular complexity index is 991. The quantitative estimate of drug-likeness (QED) is 0.471. The molecule has 0 saturated heterocycles. The van der Waals surface area contributed by atoms with Crippen molar-refractivity contribution < 1.29 is 9.18 Å². The lowest BCUT2D eigenvalue weighted by Gasteiger charge is -2.25. The van der Waals surface area contributed by atoms with Gasteiger partial charge in [-0.1, -0.05) is 54.5 Å². The van der Waals surface area contributed by atoms with Gasteiger partial charge in [0.05, 0.1) is 15.3 Å². The van der Waals surface area contributed by atoms with E-state index in [1.165, 1.54) is 23.5 Å². The molecule has 0 aliphatic heterocycles. The van der Waals surface area contributed by atoms with Crippen LogP contribution in [0.4, 0.5) is 9.52 Å². The molecule has 8 heteroatoms. The van der Waals surface area contributed by atoms with E-state index in [0.717, 1.165) is 13.1 Å². The molecule has 0 unspecified atom stereocenters. The predicted molar refractivity (Wildman–Crippen MR) is 116 cm³/mol. The van der Waals surface area contributed by atoms with E-state index in [0.29, 0.717) is 33.5 Å². The summed E-state index contributed by atoms with van der Waals surface area (Å²) in [5.74, 6) is -0.686. The Morgan fingerprint density at radius 3 is 2.54 bits per heavy atom. The van der Waals surface area contributed by atoms with E-state index in [2.05, 4.69) is 23.7 Å². The van der Waals surface area contributed by atoms with Gasteiger partial charge in [0.25, 0.3) is 5.91 Å². The zero-order valence-corrected chi connectivity index (χ0v) is 17.9. The number of rotatable bonds is 7. The van der Waals surface area contributed by atoms with Crippen molar-refractivity contribution in [2.45, 2.75) is 13.8 Å². The number of carbonyl (C=O) groups is 1. The van der Waals surface area contributed by atoms with Gasteiger partial charge in [-0.25, -0.2) is 9.37 Å². The summed E-state index contributed by atoms with van der Waals surface area (Å²) in [6, 6.07) is 9.56. The molecule has 3 aromatic rings. The van der Waals surface area contributed by atoms with Crippen LogP contribution in [-0.2, 0) is 0 Å². The van der Waals surface area contributed by atoms with E-state index in [9.17, 15) is 9.18 Å². The third-order valence-corrected chi connectivity index (χ3v) is 6.12. The van der Waals surface area contributed by atoms with Crippen LogP contribution in [0.25, 0.3) is 10.2 Å². The zero-order chi connectivity index (χ0) is 20.3. The van der Waals surface area contributed by atoms with Crippen LogP contribution in [-0.4, -0.2) is 42.0 Å². The summed E-state index contributed by atoms with van der Waals surface area (Å²) in [7, 11) is 0. The minimum Gasteiger partial charge on any atom is -0.302 e. The number of benzene rings is 2. The van der Waals surface area contributed by atoms with E-state index in [1.807, 2.05) is 0 Å². The summed E-state index contributed by atoms with van der Waals surface area (Å²) >= 11 is 13.5. The van der Waals surface area contributed by atoms with Crippen LogP contribution in [0.3, 0.4) is 0 Å². The first-order valence-electron chi connectivity index (χ1n) is 8.98. The molecule has 0 radical (unpaired) electrons. The van der Waals surface area contributed by atoms with Crippen molar-refractivity contribution in [3.63, 3.8) is 0 Å². The molecule has 0 aliphatic rings. The summed E-state index contributed by atoms with van der Waals surface area (Å²) in [6.07, 6.45) is 0. The van der Waals surface area contributed by atoms with Gasteiger partial charge < -0.3 is 4.90 Å². The van der Waals surface area contributed by atoms with Crippen molar-refractivity contribution >= 4 is 55.8 Å². The van der Waals surface area contributed by atoms with Gasteiger partial charge in [0.1, 0.15) is 11.3 Å². The van der Waals surface area contributed by atoms with Crippen LogP contribution in [0.5, 0.6) is 0 Å². The maximum absolute atomic E-state index is 14.1.